The van der Waals surface area contributed by atoms with Gasteiger partial charge in [0.15, 0.2) is 0 Å². The smallest absolute Gasteiger partial charge is 0.321 e. The van der Waals surface area contributed by atoms with Crippen LogP contribution in [0.3, 0.4) is 0 Å². The largest absolute Gasteiger partial charge is 0.480 e. The molecule has 0 saturated heterocycles. The molecule has 0 heterocycles. The fraction of sp³-hybridized carbons (Fsp3) is 0.750. The highest BCUT2D eigenvalue weighted by atomic mass is 32.2. The standard InChI is InChI=1S/C5H11NO2S.C3H7NO2S/c1-9-3-2-4(6)5(7)8;4-2(1-7)3(5)6/h4H,2-3,6H2,1H3,(H,7,8);2,7H,1,4H2,(H,5,6). The van der Waals surface area contributed by atoms with E-state index in [1.165, 1.54) is 0 Å². The number of thioether (sulfide) groups is 1. The molecule has 0 radical (unpaired) electrons. The Balaban J connectivity index is 0. The Morgan fingerprint density at radius 1 is 1.25 bits per heavy atom. The predicted molar refractivity (Wildman–Crippen MR) is 68.1 cm³/mol. The van der Waals surface area contributed by atoms with E-state index in [1.54, 1.807) is 11.8 Å². The third kappa shape index (κ3) is 11.6. The maximum Gasteiger partial charge on any atom is 0.321 e. The van der Waals surface area contributed by atoms with Gasteiger partial charge in [-0.05, 0) is 18.4 Å². The lowest BCUT2D eigenvalue weighted by Gasteiger charge is -2.02. The van der Waals surface area contributed by atoms with Gasteiger partial charge in [-0.15, -0.1) is 0 Å². The molecule has 0 aliphatic carbocycles. The van der Waals surface area contributed by atoms with E-state index in [0.717, 1.165) is 5.75 Å². The third-order valence-corrected chi connectivity index (χ3v) is 2.50. The first-order valence-electron chi connectivity index (χ1n) is 4.43. The van der Waals surface area contributed by atoms with Crippen molar-refractivity contribution in [2.24, 2.45) is 11.5 Å². The molecule has 0 aromatic carbocycles. The molecule has 0 amide bonds. The Hall–Kier alpha value is -0.440. The minimum absolute atomic E-state index is 0.190. The van der Waals surface area contributed by atoms with Gasteiger partial charge in [-0.2, -0.15) is 24.4 Å². The van der Waals surface area contributed by atoms with E-state index < -0.39 is 24.0 Å². The summed E-state index contributed by atoms with van der Waals surface area (Å²) in [7, 11) is 0. The molecule has 0 rings (SSSR count). The van der Waals surface area contributed by atoms with E-state index in [4.69, 9.17) is 21.7 Å². The Labute approximate surface area is 104 Å². The molecule has 0 fully saturated rings. The summed E-state index contributed by atoms with van der Waals surface area (Å²) in [5.74, 6) is -0.915. The minimum atomic E-state index is -1.00. The Kier molecular flexibility index (Phi) is 12.4. The molecule has 16 heavy (non-hydrogen) atoms. The predicted octanol–water partition coefficient (Wildman–Crippen LogP) is -0.520. The first-order valence-corrected chi connectivity index (χ1v) is 6.46. The zero-order chi connectivity index (χ0) is 13.1. The maximum absolute atomic E-state index is 10.1. The lowest BCUT2D eigenvalue weighted by Crippen LogP contribution is -2.31. The summed E-state index contributed by atoms with van der Waals surface area (Å²) in [4.78, 5) is 19.8. The van der Waals surface area contributed by atoms with Crippen molar-refractivity contribution < 1.29 is 19.8 Å². The highest BCUT2D eigenvalue weighted by Crippen LogP contribution is 1.97. The molecule has 0 spiro atoms. The van der Waals surface area contributed by atoms with Crippen molar-refractivity contribution in [2.75, 3.05) is 17.8 Å². The number of hydrogen-bond acceptors (Lipinski definition) is 6. The van der Waals surface area contributed by atoms with Crippen LogP contribution < -0.4 is 11.5 Å². The molecule has 6 N–H and O–H groups in total. The van der Waals surface area contributed by atoms with Gasteiger partial charge in [-0.1, -0.05) is 0 Å². The molecule has 96 valence electrons. The van der Waals surface area contributed by atoms with Crippen LogP contribution in [0.4, 0.5) is 0 Å². The van der Waals surface area contributed by atoms with Gasteiger partial charge in [0.1, 0.15) is 12.1 Å². The molecule has 0 bridgehead atoms. The van der Waals surface area contributed by atoms with E-state index in [1.807, 2.05) is 6.26 Å². The summed E-state index contributed by atoms with van der Waals surface area (Å²) in [5.41, 5.74) is 10.1. The SMILES string of the molecule is CSCCC(N)C(=O)O.NC(CS)C(=O)O. The molecule has 8 heteroatoms. The summed E-state index contributed by atoms with van der Waals surface area (Å²) >= 11 is 5.25. The van der Waals surface area contributed by atoms with Gasteiger partial charge in [0.05, 0.1) is 0 Å². The lowest BCUT2D eigenvalue weighted by atomic mass is 10.2. The van der Waals surface area contributed by atoms with Gasteiger partial charge in [-0.25, -0.2) is 0 Å². The summed E-state index contributed by atoms with van der Waals surface area (Å²) in [6.07, 6.45) is 2.48. The number of aliphatic carboxylic acids is 2. The molecule has 0 aliphatic rings. The molecule has 2 atom stereocenters. The van der Waals surface area contributed by atoms with Crippen LogP contribution in [0.2, 0.25) is 0 Å². The quantitative estimate of drug-likeness (QED) is 0.411. The second-order valence-corrected chi connectivity index (χ2v) is 4.20. The van der Waals surface area contributed by atoms with Crippen LogP contribution in [0, 0.1) is 0 Å². The third-order valence-electron chi connectivity index (χ3n) is 1.46. The van der Waals surface area contributed by atoms with Crippen LogP contribution in [0.25, 0.3) is 0 Å². The van der Waals surface area contributed by atoms with Crippen molar-refractivity contribution in [2.45, 2.75) is 18.5 Å². The van der Waals surface area contributed by atoms with Crippen molar-refractivity contribution in [3.05, 3.63) is 0 Å². The zero-order valence-electron chi connectivity index (χ0n) is 9.00. The Morgan fingerprint density at radius 3 is 1.88 bits per heavy atom. The number of hydrogen-bond donors (Lipinski definition) is 5. The van der Waals surface area contributed by atoms with Crippen LogP contribution in [-0.4, -0.2) is 52.0 Å². The van der Waals surface area contributed by atoms with Crippen LogP contribution in [0.15, 0.2) is 0 Å². The highest BCUT2D eigenvalue weighted by Gasteiger charge is 2.09. The average molecular weight is 270 g/mol. The van der Waals surface area contributed by atoms with E-state index in [0.29, 0.717) is 6.42 Å². The number of nitrogens with two attached hydrogens (primary N) is 2. The molecule has 0 aromatic heterocycles. The zero-order valence-corrected chi connectivity index (χ0v) is 10.7. The highest BCUT2D eigenvalue weighted by molar-refractivity contribution is 7.98. The second-order valence-electron chi connectivity index (χ2n) is 2.85. The van der Waals surface area contributed by atoms with Crippen molar-refractivity contribution in [1.29, 1.82) is 0 Å². The van der Waals surface area contributed by atoms with Gasteiger partial charge >= 0.3 is 11.9 Å². The molecular weight excluding hydrogens is 252 g/mol. The summed E-state index contributed by atoms with van der Waals surface area (Å²) in [6, 6.07) is -1.50. The van der Waals surface area contributed by atoms with Crippen LogP contribution in [0.1, 0.15) is 6.42 Å². The average Bonchev–Trinajstić information content (AvgIpc) is 2.25. The molecular formula is C8H18N2O4S2. The first kappa shape index (κ1) is 17.9. The molecule has 0 aromatic rings. The van der Waals surface area contributed by atoms with Crippen molar-refractivity contribution in [1.82, 2.24) is 0 Å². The normalized spacial score (nSPS) is 13.2. The van der Waals surface area contributed by atoms with Gasteiger partial charge < -0.3 is 21.7 Å². The Morgan fingerprint density at radius 2 is 1.69 bits per heavy atom. The first-order chi connectivity index (χ1) is 7.36. The minimum Gasteiger partial charge on any atom is -0.480 e. The Bertz CT molecular complexity index is 216. The molecule has 0 saturated carbocycles. The van der Waals surface area contributed by atoms with E-state index >= 15 is 0 Å². The van der Waals surface area contributed by atoms with Crippen LogP contribution in [-0.2, 0) is 9.59 Å². The molecule has 6 nitrogen and oxygen atoms in total. The number of thiol groups is 1. The van der Waals surface area contributed by atoms with Gasteiger partial charge in [0.25, 0.3) is 0 Å². The lowest BCUT2D eigenvalue weighted by molar-refractivity contribution is -0.139. The van der Waals surface area contributed by atoms with E-state index in [9.17, 15) is 9.59 Å². The number of carboxylic acid groups (broad SMARTS) is 2. The van der Waals surface area contributed by atoms with E-state index in [2.05, 4.69) is 12.6 Å². The molecule has 2 unspecified atom stereocenters. The van der Waals surface area contributed by atoms with Crippen molar-refractivity contribution >= 4 is 36.3 Å². The van der Waals surface area contributed by atoms with Crippen molar-refractivity contribution in [3.63, 3.8) is 0 Å². The summed E-state index contributed by atoms with van der Waals surface area (Å²) < 4.78 is 0. The number of carboxylic acids is 2. The van der Waals surface area contributed by atoms with Crippen LogP contribution in [0.5, 0.6) is 0 Å². The van der Waals surface area contributed by atoms with Gasteiger partial charge in [0.2, 0.25) is 0 Å². The summed E-state index contributed by atoms with van der Waals surface area (Å²) in [5, 5.41) is 16.3. The van der Waals surface area contributed by atoms with Crippen LogP contribution >= 0.6 is 24.4 Å². The fourth-order valence-electron chi connectivity index (χ4n) is 0.446. The van der Waals surface area contributed by atoms with E-state index in [-0.39, 0.29) is 5.75 Å². The monoisotopic (exact) mass is 270 g/mol. The number of carbonyl (C=O) groups is 2. The second kappa shape index (κ2) is 11.1. The number of rotatable bonds is 6. The topological polar surface area (TPSA) is 127 Å². The fourth-order valence-corrected chi connectivity index (χ4v) is 1.09. The van der Waals surface area contributed by atoms with Gasteiger partial charge in [-0.3, -0.25) is 9.59 Å². The van der Waals surface area contributed by atoms with Crippen molar-refractivity contribution in [3.8, 4) is 0 Å². The molecule has 0 aliphatic heterocycles. The summed E-state index contributed by atoms with van der Waals surface area (Å²) in [6.45, 7) is 0. The van der Waals surface area contributed by atoms with Gasteiger partial charge in [0, 0.05) is 5.75 Å². The maximum atomic E-state index is 10.1.